The molecule has 1 aromatic heterocycles. The molecule has 4 aliphatic carbocycles. The van der Waals surface area contributed by atoms with Crippen molar-refractivity contribution in [3.63, 3.8) is 0 Å². The minimum Gasteiger partial charge on any atom is -0.495 e. The van der Waals surface area contributed by atoms with Crippen molar-refractivity contribution in [3.05, 3.63) is 30.0 Å². The van der Waals surface area contributed by atoms with Gasteiger partial charge in [0.05, 0.1) is 30.0 Å². The van der Waals surface area contributed by atoms with Crippen LogP contribution < -0.4 is 25.2 Å². The number of para-hydroxylation sites is 1. The van der Waals surface area contributed by atoms with Crippen LogP contribution in [0.1, 0.15) is 87.4 Å². The molecule has 6 aliphatic rings. The SMILES string of the molecule is COc1cccc(C(=O)NC2CCC(N3CCN(CC4CC4)CC3)CC2)c1Nc1ncc2c(n1)N(C1CCCC1)CC1(CC1)C(=O)N2C. The van der Waals surface area contributed by atoms with E-state index in [2.05, 4.69) is 30.3 Å². The number of nitrogens with one attached hydrogen (secondary N) is 2. The Morgan fingerprint density at radius 3 is 2.42 bits per heavy atom. The number of fused-ring (bicyclic) bond motifs is 1. The molecular weight excluding hydrogens is 604 g/mol. The van der Waals surface area contributed by atoms with Crippen LogP contribution in [0.3, 0.4) is 0 Å². The first kappa shape index (κ1) is 31.8. The highest BCUT2D eigenvalue weighted by molar-refractivity contribution is 6.03. The third-order valence-electron chi connectivity index (χ3n) is 12.1. The summed E-state index contributed by atoms with van der Waals surface area (Å²) in [5.74, 6) is 2.75. The van der Waals surface area contributed by atoms with Gasteiger partial charge in [-0.05, 0) is 82.3 Å². The van der Waals surface area contributed by atoms with Crippen molar-refractivity contribution in [2.24, 2.45) is 11.3 Å². The summed E-state index contributed by atoms with van der Waals surface area (Å²) in [5, 5.41) is 6.72. The Balaban J connectivity index is 0.959. The second-order valence-electron chi connectivity index (χ2n) is 15.4. The van der Waals surface area contributed by atoms with E-state index in [4.69, 9.17) is 9.72 Å². The number of benzene rings is 1. The van der Waals surface area contributed by atoms with Crippen molar-refractivity contribution in [2.75, 3.05) is 68.5 Å². The molecule has 1 spiro atoms. The lowest BCUT2D eigenvalue weighted by Gasteiger charge is -2.42. The Labute approximate surface area is 284 Å². The first-order valence-corrected chi connectivity index (χ1v) is 18.5. The smallest absolute Gasteiger partial charge is 0.253 e. The van der Waals surface area contributed by atoms with Crippen LogP contribution in [0.15, 0.2) is 24.4 Å². The molecule has 11 nitrogen and oxygen atoms in total. The second kappa shape index (κ2) is 13.1. The van der Waals surface area contributed by atoms with Crippen LogP contribution in [-0.4, -0.2) is 103 Å². The Hall–Kier alpha value is -3.44. The van der Waals surface area contributed by atoms with Crippen molar-refractivity contribution in [2.45, 2.75) is 95.2 Å². The molecule has 8 rings (SSSR count). The maximum absolute atomic E-state index is 13.9. The average Bonchev–Trinajstić information content (AvgIpc) is 4.05. The Morgan fingerprint density at radius 2 is 1.73 bits per heavy atom. The van der Waals surface area contributed by atoms with Crippen LogP contribution >= 0.6 is 0 Å². The number of hydrogen-bond donors (Lipinski definition) is 2. The third-order valence-corrected chi connectivity index (χ3v) is 12.1. The molecule has 4 saturated carbocycles. The lowest BCUT2D eigenvalue weighted by molar-refractivity contribution is -0.122. The number of carbonyl (C=O) groups excluding carboxylic acids is 2. The van der Waals surface area contributed by atoms with E-state index in [-0.39, 0.29) is 23.3 Å². The first-order valence-electron chi connectivity index (χ1n) is 18.5. The standard InChI is InChI=1S/C37H52N8O3/c1-42-30-22-38-36(41-33(30)45(28-6-3-4-7-28)24-37(16-17-37)35(42)47)40-32-29(8-5-9-31(32)48-2)34(46)39-26-12-14-27(15-13-26)44-20-18-43(19-21-44)23-25-10-11-25/h5,8-9,22,25-28H,3-4,6-7,10-21,23-24H2,1-2H3,(H,39,46)(H,38,40,41). The van der Waals surface area contributed by atoms with Crippen LogP contribution in [0.5, 0.6) is 5.75 Å². The van der Waals surface area contributed by atoms with Crippen LogP contribution in [0, 0.1) is 11.3 Å². The maximum atomic E-state index is 13.9. The predicted molar refractivity (Wildman–Crippen MR) is 187 cm³/mol. The van der Waals surface area contributed by atoms with Crippen LogP contribution in [-0.2, 0) is 4.79 Å². The van der Waals surface area contributed by atoms with Crippen molar-refractivity contribution < 1.29 is 14.3 Å². The number of nitrogens with zero attached hydrogens (tertiary/aromatic N) is 6. The minimum absolute atomic E-state index is 0.114. The zero-order chi connectivity index (χ0) is 32.8. The molecule has 0 bridgehead atoms. The Morgan fingerprint density at radius 1 is 0.979 bits per heavy atom. The number of carbonyl (C=O) groups is 2. The Kier molecular flexibility index (Phi) is 8.69. The summed E-state index contributed by atoms with van der Waals surface area (Å²) in [7, 11) is 3.46. The fourth-order valence-electron chi connectivity index (χ4n) is 8.81. The van der Waals surface area contributed by atoms with Crippen LogP contribution in [0.2, 0.25) is 0 Å². The zero-order valence-electron chi connectivity index (χ0n) is 28.8. The van der Waals surface area contributed by atoms with Crippen molar-refractivity contribution in [1.29, 1.82) is 0 Å². The normalized spacial score (nSPS) is 26.3. The number of anilines is 4. The summed E-state index contributed by atoms with van der Waals surface area (Å²) in [6, 6.07) is 6.68. The van der Waals surface area contributed by atoms with E-state index in [1.165, 1.54) is 58.4 Å². The van der Waals surface area contributed by atoms with Crippen LogP contribution in [0.4, 0.5) is 23.1 Å². The summed E-state index contributed by atoms with van der Waals surface area (Å²) < 4.78 is 5.74. The van der Waals surface area contributed by atoms with E-state index >= 15 is 0 Å². The molecule has 0 radical (unpaired) electrons. The molecule has 0 unspecified atom stereocenters. The van der Waals surface area contributed by atoms with Crippen LogP contribution in [0.25, 0.3) is 0 Å². The molecular formula is C37H52N8O3. The Bertz CT molecular complexity index is 1500. The van der Waals surface area contributed by atoms with Gasteiger partial charge in [-0.2, -0.15) is 4.98 Å². The number of methoxy groups -OCH3 is 1. The minimum atomic E-state index is -0.316. The number of ether oxygens (including phenoxy) is 1. The van der Waals surface area contributed by atoms with E-state index in [0.717, 1.165) is 68.8 Å². The van der Waals surface area contributed by atoms with E-state index < -0.39 is 0 Å². The quantitative estimate of drug-likeness (QED) is 0.394. The molecule has 0 atom stereocenters. The van der Waals surface area contributed by atoms with Gasteiger partial charge < -0.3 is 30.1 Å². The lowest BCUT2D eigenvalue weighted by atomic mass is 9.89. The summed E-state index contributed by atoms with van der Waals surface area (Å²) in [4.78, 5) is 46.6. The molecule has 5 fully saturated rings. The number of amides is 2. The van der Waals surface area contributed by atoms with Gasteiger partial charge in [-0.25, -0.2) is 4.98 Å². The second-order valence-corrected chi connectivity index (χ2v) is 15.4. The van der Waals surface area contributed by atoms with E-state index in [1.807, 2.05) is 25.2 Å². The average molecular weight is 657 g/mol. The highest BCUT2D eigenvalue weighted by Crippen LogP contribution is 2.52. The maximum Gasteiger partial charge on any atom is 0.253 e. The summed E-state index contributed by atoms with van der Waals surface area (Å²) in [6.45, 7) is 6.73. The lowest BCUT2D eigenvalue weighted by Crippen LogP contribution is -2.52. The van der Waals surface area contributed by atoms with Crippen molar-refractivity contribution in [1.82, 2.24) is 25.1 Å². The van der Waals surface area contributed by atoms with Crippen molar-refractivity contribution in [3.8, 4) is 5.75 Å². The molecule has 258 valence electrons. The number of aromatic nitrogens is 2. The van der Waals surface area contributed by atoms with Gasteiger partial charge in [0.1, 0.15) is 11.4 Å². The fourth-order valence-corrected chi connectivity index (χ4v) is 8.81. The molecule has 2 amide bonds. The summed E-state index contributed by atoms with van der Waals surface area (Å²) >= 11 is 0. The van der Waals surface area contributed by atoms with Crippen molar-refractivity contribution >= 4 is 35.0 Å². The highest BCUT2D eigenvalue weighted by Gasteiger charge is 2.55. The highest BCUT2D eigenvalue weighted by atomic mass is 16.5. The van der Waals surface area contributed by atoms with E-state index in [0.29, 0.717) is 41.6 Å². The largest absolute Gasteiger partial charge is 0.495 e. The van der Waals surface area contributed by atoms with Gasteiger partial charge in [0.25, 0.3) is 5.91 Å². The number of piperazine rings is 1. The molecule has 2 aromatic rings. The number of rotatable bonds is 9. The predicted octanol–water partition coefficient (Wildman–Crippen LogP) is 4.80. The topological polar surface area (TPSA) is 106 Å². The van der Waals surface area contributed by atoms with Gasteiger partial charge in [0, 0.05) is 64.4 Å². The number of hydrogen-bond acceptors (Lipinski definition) is 9. The van der Waals surface area contributed by atoms with E-state index in [1.54, 1.807) is 18.2 Å². The third kappa shape index (κ3) is 6.35. The van der Waals surface area contributed by atoms with Gasteiger partial charge in [-0.1, -0.05) is 18.9 Å². The zero-order valence-corrected chi connectivity index (χ0v) is 28.8. The molecule has 2 aliphatic heterocycles. The van der Waals surface area contributed by atoms with Gasteiger partial charge in [-0.15, -0.1) is 0 Å². The summed E-state index contributed by atoms with van der Waals surface area (Å²) in [5.41, 5.74) is 1.50. The van der Waals surface area contributed by atoms with Gasteiger partial charge in [0.2, 0.25) is 11.9 Å². The van der Waals surface area contributed by atoms with Gasteiger partial charge >= 0.3 is 0 Å². The summed E-state index contributed by atoms with van der Waals surface area (Å²) in [6.07, 6.45) is 15.3. The molecule has 2 N–H and O–H groups in total. The fraction of sp³-hybridized carbons (Fsp3) is 0.676. The molecule has 48 heavy (non-hydrogen) atoms. The monoisotopic (exact) mass is 656 g/mol. The van der Waals surface area contributed by atoms with E-state index in [9.17, 15) is 9.59 Å². The molecule has 3 heterocycles. The molecule has 1 aromatic carbocycles. The first-order chi connectivity index (χ1) is 23.4. The van der Waals surface area contributed by atoms with Gasteiger partial charge in [0.15, 0.2) is 5.82 Å². The molecule has 1 saturated heterocycles. The van der Waals surface area contributed by atoms with Gasteiger partial charge in [-0.3, -0.25) is 14.5 Å². The molecule has 11 heteroatoms.